The Kier molecular flexibility index (Phi) is 4.49. The van der Waals surface area contributed by atoms with Gasteiger partial charge in [-0.05, 0) is 18.6 Å². The van der Waals surface area contributed by atoms with E-state index in [2.05, 4.69) is 0 Å². The monoisotopic (exact) mass is 354 g/mol. The Balaban J connectivity index is 2.09. The Labute approximate surface area is 125 Å². The van der Waals surface area contributed by atoms with Crippen LogP contribution in [0.2, 0.25) is 0 Å². The van der Waals surface area contributed by atoms with Gasteiger partial charge in [-0.15, -0.1) is 4.83 Å². The minimum absolute atomic E-state index is 0.0595. The lowest BCUT2D eigenvalue weighted by atomic mass is 10.1. The topological polar surface area (TPSA) is 109 Å². The van der Waals surface area contributed by atoms with E-state index in [9.17, 15) is 30.4 Å². The van der Waals surface area contributed by atoms with Gasteiger partial charge < -0.3 is 0 Å². The zero-order valence-electron chi connectivity index (χ0n) is 11.0. The lowest BCUT2D eigenvalue weighted by Gasteiger charge is -2.12. The minimum Gasteiger partial charge on any atom is -0.277 e. The van der Waals surface area contributed by atoms with Gasteiger partial charge in [0.2, 0.25) is 5.91 Å². The third-order valence-electron chi connectivity index (χ3n) is 3.10. The van der Waals surface area contributed by atoms with Gasteiger partial charge in [-0.2, -0.15) is 0 Å². The smallest absolute Gasteiger partial charge is 0.263 e. The summed E-state index contributed by atoms with van der Waals surface area (Å²) in [6.45, 7) is 0. The SMILES string of the molecule is O=C(NNS(=O)(=O)c1c(F)cccc1F)[C@H]1CCS(=O)(=O)C1. The normalized spacial score (nSPS) is 20.7. The summed E-state index contributed by atoms with van der Waals surface area (Å²) in [5.41, 5.74) is 1.78. The average Bonchev–Trinajstić information content (AvgIpc) is 2.76. The number of carbonyl (C=O) groups excluding carboxylic acids is 1. The van der Waals surface area contributed by atoms with E-state index >= 15 is 0 Å². The Morgan fingerprint density at radius 2 is 1.82 bits per heavy atom. The summed E-state index contributed by atoms with van der Waals surface area (Å²) in [7, 11) is -7.97. The molecule has 122 valence electrons. The van der Waals surface area contributed by atoms with Gasteiger partial charge in [0, 0.05) is 0 Å². The first-order valence-electron chi connectivity index (χ1n) is 6.08. The molecule has 0 bridgehead atoms. The predicted molar refractivity (Wildman–Crippen MR) is 71.6 cm³/mol. The molecule has 2 rings (SSSR count). The van der Waals surface area contributed by atoms with Crippen LogP contribution in [-0.2, 0) is 24.7 Å². The second-order valence-electron chi connectivity index (χ2n) is 4.75. The van der Waals surface area contributed by atoms with E-state index in [0.717, 1.165) is 18.2 Å². The van der Waals surface area contributed by atoms with Crippen molar-refractivity contribution in [3.8, 4) is 0 Å². The molecule has 0 aliphatic carbocycles. The van der Waals surface area contributed by atoms with Crippen molar-refractivity contribution in [3.63, 3.8) is 0 Å². The number of carbonyl (C=O) groups is 1. The lowest BCUT2D eigenvalue weighted by Crippen LogP contribution is -2.45. The molecule has 1 saturated heterocycles. The summed E-state index contributed by atoms with van der Waals surface area (Å²) < 4.78 is 72.9. The summed E-state index contributed by atoms with van der Waals surface area (Å²) in [6, 6.07) is 2.50. The summed E-state index contributed by atoms with van der Waals surface area (Å²) in [4.78, 5) is 12.0. The van der Waals surface area contributed by atoms with Crippen molar-refractivity contribution < 1.29 is 30.4 Å². The van der Waals surface area contributed by atoms with Crippen LogP contribution in [0, 0.1) is 17.6 Å². The zero-order valence-corrected chi connectivity index (χ0v) is 12.7. The Morgan fingerprint density at radius 3 is 2.32 bits per heavy atom. The summed E-state index contributed by atoms with van der Waals surface area (Å²) in [6.07, 6.45) is 0.0595. The van der Waals surface area contributed by atoms with Crippen molar-refractivity contribution in [1.82, 2.24) is 10.3 Å². The molecule has 22 heavy (non-hydrogen) atoms. The molecule has 1 aliphatic rings. The van der Waals surface area contributed by atoms with Crippen molar-refractivity contribution in [1.29, 1.82) is 0 Å². The van der Waals surface area contributed by atoms with Gasteiger partial charge in [-0.25, -0.2) is 25.6 Å². The number of benzene rings is 1. The maximum atomic E-state index is 13.4. The Morgan fingerprint density at radius 1 is 1.23 bits per heavy atom. The molecule has 11 heteroatoms. The molecule has 0 radical (unpaired) electrons. The van der Waals surface area contributed by atoms with Gasteiger partial charge in [0.25, 0.3) is 10.0 Å². The van der Waals surface area contributed by atoms with Crippen molar-refractivity contribution in [2.75, 3.05) is 11.5 Å². The predicted octanol–water partition coefficient (Wildman–Crippen LogP) is -0.291. The van der Waals surface area contributed by atoms with Crippen LogP contribution in [0.5, 0.6) is 0 Å². The highest BCUT2D eigenvalue weighted by Crippen LogP contribution is 2.19. The molecule has 7 nitrogen and oxygen atoms in total. The summed E-state index contributed by atoms with van der Waals surface area (Å²) in [5, 5.41) is 0. The molecule has 1 amide bonds. The fourth-order valence-corrected chi connectivity index (χ4v) is 4.74. The number of rotatable bonds is 4. The second-order valence-corrected chi connectivity index (χ2v) is 8.59. The molecule has 1 heterocycles. The third kappa shape index (κ3) is 3.59. The molecule has 2 N–H and O–H groups in total. The molecule has 1 aromatic carbocycles. The first-order chi connectivity index (χ1) is 10.1. The van der Waals surface area contributed by atoms with Gasteiger partial charge in [-0.1, -0.05) is 6.07 Å². The molecule has 0 spiro atoms. The fourth-order valence-electron chi connectivity index (χ4n) is 2.01. The highest BCUT2D eigenvalue weighted by Gasteiger charge is 2.34. The lowest BCUT2D eigenvalue weighted by molar-refractivity contribution is -0.124. The average molecular weight is 354 g/mol. The van der Waals surface area contributed by atoms with Gasteiger partial charge in [0.1, 0.15) is 11.6 Å². The Bertz CT molecular complexity index is 788. The maximum Gasteiger partial charge on any atom is 0.263 e. The van der Waals surface area contributed by atoms with Crippen LogP contribution in [0.25, 0.3) is 0 Å². The Hall–Kier alpha value is -1.59. The van der Waals surface area contributed by atoms with Crippen LogP contribution in [0.1, 0.15) is 6.42 Å². The first-order valence-corrected chi connectivity index (χ1v) is 9.39. The highest BCUT2D eigenvalue weighted by molar-refractivity contribution is 7.91. The van der Waals surface area contributed by atoms with Crippen LogP contribution >= 0.6 is 0 Å². The molecule has 1 fully saturated rings. The quantitative estimate of drug-likeness (QED) is 0.722. The van der Waals surface area contributed by atoms with Crippen LogP contribution in [0.4, 0.5) is 8.78 Å². The standard InChI is InChI=1S/C11H12F2N2O5S2/c12-8-2-1-3-9(13)10(8)22(19,20)15-14-11(16)7-4-5-21(17,18)6-7/h1-3,7,15H,4-6H2,(H,14,16)/t7-/m0/s1. The van der Waals surface area contributed by atoms with Crippen molar-refractivity contribution in [2.24, 2.45) is 5.92 Å². The van der Waals surface area contributed by atoms with E-state index in [1.54, 1.807) is 10.3 Å². The van der Waals surface area contributed by atoms with E-state index in [1.807, 2.05) is 0 Å². The molecular formula is C11H12F2N2O5S2. The largest absolute Gasteiger partial charge is 0.277 e. The number of sulfonamides is 1. The number of sulfone groups is 1. The van der Waals surface area contributed by atoms with E-state index in [4.69, 9.17) is 0 Å². The third-order valence-corrected chi connectivity index (χ3v) is 6.17. The van der Waals surface area contributed by atoms with Crippen molar-refractivity contribution in [2.45, 2.75) is 11.3 Å². The number of hydrogen-bond donors (Lipinski definition) is 2. The number of hydrogen-bond acceptors (Lipinski definition) is 5. The van der Waals surface area contributed by atoms with Crippen LogP contribution in [0.3, 0.4) is 0 Å². The van der Waals surface area contributed by atoms with Crippen molar-refractivity contribution in [3.05, 3.63) is 29.8 Å². The molecular weight excluding hydrogens is 342 g/mol. The van der Waals surface area contributed by atoms with Gasteiger partial charge in [0.05, 0.1) is 17.4 Å². The van der Waals surface area contributed by atoms with Gasteiger partial charge in [-0.3, -0.25) is 10.2 Å². The summed E-state index contributed by atoms with van der Waals surface area (Å²) in [5.74, 6) is -4.97. The number of nitrogens with one attached hydrogen (secondary N) is 2. The molecule has 0 unspecified atom stereocenters. The number of amides is 1. The molecule has 1 aromatic rings. The molecule has 1 aliphatic heterocycles. The van der Waals surface area contributed by atoms with Gasteiger partial charge in [0.15, 0.2) is 14.7 Å². The van der Waals surface area contributed by atoms with E-state index < -0.39 is 54.0 Å². The number of halogens is 2. The molecule has 1 atom stereocenters. The van der Waals surface area contributed by atoms with Crippen LogP contribution in [-0.4, -0.2) is 34.2 Å². The maximum absolute atomic E-state index is 13.4. The van der Waals surface area contributed by atoms with E-state index in [-0.39, 0.29) is 12.2 Å². The second kappa shape index (κ2) is 5.89. The van der Waals surface area contributed by atoms with Crippen molar-refractivity contribution >= 4 is 25.8 Å². The zero-order chi connectivity index (χ0) is 16.5. The summed E-state index contributed by atoms with van der Waals surface area (Å²) >= 11 is 0. The molecule has 0 aromatic heterocycles. The van der Waals surface area contributed by atoms with E-state index in [1.165, 1.54) is 0 Å². The minimum atomic E-state index is -4.66. The number of hydrazine groups is 1. The fraction of sp³-hybridized carbons (Fsp3) is 0.364. The van der Waals surface area contributed by atoms with Crippen LogP contribution in [0.15, 0.2) is 23.1 Å². The molecule has 0 saturated carbocycles. The van der Waals surface area contributed by atoms with E-state index in [0.29, 0.717) is 0 Å². The van der Waals surface area contributed by atoms with Crippen LogP contribution < -0.4 is 10.3 Å². The van der Waals surface area contributed by atoms with Gasteiger partial charge >= 0.3 is 0 Å². The highest BCUT2D eigenvalue weighted by atomic mass is 32.2. The first kappa shape index (κ1) is 16.8.